The van der Waals surface area contributed by atoms with Crippen molar-refractivity contribution in [2.24, 2.45) is 0 Å². The quantitative estimate of drug-likeness (QED) is 0.695. The minimum atomic E-state index is -1.28. The number of phenols is 2. The summed E-state index contributed by atoms with van der Waals surface area (Å²) in [5, 5.41) is 37.8. The van der Waals surface area contributed by atoms with E-state index in [9.17, 15) is 19.8 Å². The van der Waals surface area contributed by atoms with Crippen LogP contribution in [0.25, 0.3) is 0 Å². The maximum atomic E-state index is 10.1. The van der Waals surface area contributed by atoms with Crippen LogP contribution in [0.15, 0.2) is 48.5 Å². The summed E-state index contributed by atoms with van der Waals surface area (Å²) in [6.45, 7) is 0. The van der Waals surface area contributed by atoms with Gasteiger partial charge < -0.3 is 30.0 Å². The second kappa shape index (κ2) is 9.23. The van der Waals surface area contributed by atoms with Crippen LogP contribution >= 0.6 is 0 Å². The molecule has 6 nitrogen and oxygen atoms in total. The average Bonchev–Trinajstić information content (AvgIpc) is 2.39. The molecule has 2 aromatic rings. The maximum absolute atomic E-state index is 10.1. The molecule has 0 radical (unpaired) electrons. The molecule has 0 unspecified atom stereocenters. The number of carbonyl (C=O) groups is 2. The Morgan fingerprint density at radius 2 is 1.10 bits per heavy atom. The van der Waals surface area contributed by atoms with Crippen LogP contribution in [-0.4, -0.2) is 59.9 Å². The molecular weight excluding hydrogens is 304 g/mol. The van der Waals surface area contributed by atoms with E-state index in [4.69, 9.17) is 10.2 Å². The molecule has 0 aliphatic carbocycles. The van der Waals surface area contributed by atoms with Crippen LogP contribution in [0.1, 0.15) is 20.7 Å². The van der Waals surface area contributed by atoms with Gasteiger partial charge in [-0.3, -0.25) is 0 Å². The molecule has 7 heteroatoms. The Balaban J connectivity index is 0.000000364. The van der Waals surface area contributed by atoms with Gasteiger partial charge in [0.15, 0.2) is 0 Å². The van der Waals surface area contributed by atoms with Crippen molar-refractivity contribution in [1.29, 1.82) is 0 Å². The molecule has 0 atom stereocenters. The van der Waals surface area contributed by atoms with Gasteiger partial charge in [-0.1, -0.05) is 24.3 Å². The summed E-state index contributed by atoms with van der Waals surface area (Å²) in [7, 11) is 0. The van der Waals surface area contributed by atoms with E-state index in [1.807, 2.05) is 0 Å². The van der Waals surface area contributed by atoms with Crippen molar-refractivity contribution in [3.8, 4) is 11.5 Å². The molecule has 0 saturated heterocycles. The summed E-state index contributed by atoms with van der Waals surface area (Å²) in [6.07, 6.45) is 0. The largest absolute Gasteiger partial charge is 2.00 e. The number of carboxylic acids is 2. The van der Waals surface area contributed by atoms with Gasteiger partial charge in [0.05, 0.1) is 11.9 Å². The zero-order chi connectivity index (χ0) is 15.1. The van der Waals surface area contributed by atoms with E-state index in [0.29, 0.717) is 0 Å². The fourth-order valence-corrected chi connectivity index (χ4v) is 1.27. The number of hydrogen-bond donors (Lipinski definition) is 2. The van der Waals surface area contributed by atoms with Gasteiger partial charge in [-0.2, -0.15) is 0 Å². The molecule has 0 aliphatic rings. The van der Waals surface area contributed by atoms with Gasteiger partial charge in [-0.25, -0.2) is 0 Å². The van der Waals surface area contributed by atoms with E-state index >= 15 is 0 Å². The Morgan fingerprint density at radius 1 is 0.762 bits per heavy atom. The Kier molecular flexibility index (Phi) is 8.45. The molecule has 0 saturated carbocycles. The fourth-order valence-electron chi connectivity index (χ4n) is 1.27. The van der Waals surface area contributed by atoms with Crippen LogP contribution in [0.2, 0.25) is 0 Å². The van der Waals surface area contributed by atoms with Gasteiger partial charge in [0.25, 0.3) is 0 Å². The number of carbonyl (C=O) groups excluding carboxylic acids is 2. The summed E-state index contributed by atoms with van der Waals surface area (Å²) in [4.78, 5) is 20.3. The Labute approximate surface area is 150 Å². The van der Waals surface area contributed by atoms with Gasteiger partial charge in [0, 0.05) is 11.1 Å². The molecule has 0 spiro atoms. The first-order chi connectivity index (χ1) is 9.40. The van der Waals surface area contributed by atoms with Crippen LogP contribution in [-0.2, 0) is 0 Å². The topological polar surface area (TPSA) is 121 Å². The number of aromatic carboxylic acids is 2. The van der Waals surface area contributed by atoms with Gasteiger partial charge in [-0.15, -0.1) is 0 Å². The van der Waals surface area contributed by atoms with Crippen LogP contribution in [0.4, 0.5) is 0 Å². The van der Waals surface area contributed by atoms with E-state index in [0.717, 1.165) is 12.1 Å². The molecule has 0 aromatic heterocycles. The summed E-state index contributed by atoms with van der Waals surface area (Å²) >= 11 is 0. The first-order valence-electron chi connectivity index (χ1n) is 5.41. The van der Waals surface area contributed by atoms with E-state index in [1.54, 1.807) is 0 Å². The minimum absolute atomic E-state index is 0. The third kappa shape index (κ3) is 6.99. The van der Waals surface area contributed by atoms with Crippen LogP contribution in [0.5, 0.6) is 11.5 Å². The van der Waals surface area contributed by atoms with E-state index < -0.39 is 11.9 Å². The minimum Gasteiger partial charge on any atom is -0.545 e. The maximum Gasteiger partial charge on any atom is 2.00 e. The number of carboxylic acid groups (broad SMARTS) is 2. The van der Waals surface area contributed by atoms with Crippen molar-refractivity contribution in [2.45, 2.75) is 0 Å². The summed E-state index contributed by atoms with van der Waals surface area (Å²) in [6, 6.07) is 10.7. The number of phenolic OH excluding ortho intramolecular Hbond substituents is 2. The average molecular weight is 314 g/mol. The smallest absolute Gasteiger partial charge is 0.545 e. The van der Waals surface area contributed by atoms with Gasteiger partial charge >= 0.3 is 37.7 Å². The van der Waals surface area contributed by atoms with Gasteiger partial charge in [0.2, 0.25) is 0 Å². The summed E-state index contributed by atoms with van der Waals surface area (Å²) in [5.74, 6) is -2.70. The normalized spacial score (nSPS) is 8.76. The third-order valence-corrected chi connectivity index (χ3v) is 2.16. The first kappa shape index (κ1) is 19.2. The van der Waals surface area contributed by atoms with Crippen molar-refractivity contribution in [3.63, 3.8) is 0 Å². The number of rotatable bonds is 2. The van der Waals surface area contributed by atoms with Crippen molar-refractivity contribution in [2.75, 3.05) is 0 Å². The molecule has 0 bridgehead atoms. The molecule has 104 valence electrons. The van der Waals surface area contributed by atoms with Crippen molar-refractivity contribution >= 4 is 49.7 Å². The Hall–Kier alpha value is -1.76. The van der Waals surface area contributed by atoms with Gasteiger partial charge in [0.1, 0.15) is 11.5 Å². The predicted octanol–water partition coefficient (Wildman–Crippen LogP) is -0.869. The number of hydrogen-bond acceptors (Lipinski definition) is 6. The monoisotopic (exact) mass is 314 g/mol. The molecule has 0 fully saturated rings. The SMILES string of the molecule is O=C([O-])c1cccc(O)c1.O=C([O-])c1cccc(O)c1.[Ca+2]. The van der Waals surface area contributed by atoms with Crippen molar-refractivity contribution < 1.29 is 30.0 Å². The predicted molar refractivity (Wildman–Crippen MR) is 70.6 cm³/mol. The molecule has 2 N–H and O–H groups in total. The Morgan fingerprint density at radius 3 is 1.29 bits per heavy atom. The van der Waals surface area contributed by atoms with E-state index in [1.165, 1.54) is 36.4 Å². The van der Waals surface area contributed by atoms with E-state index in [2.05, 4.69) is 0 Å². The van der Waals surface area contributed by atoms with Crippen LogP contribution in [0, 0.1) is 0 Å². The summed E-state index contributed by atoms with van der Waals surface area (Å²) < 4.78 is 0. The zero-order valence-corrected chi connectivity index (χ0v) is 13.1. The molecular formula is C14H10CaO6. The second-order valence-electron chi connectivity index (χ2n) is 3.68. The molecule has 0 aliphatic heterocycles. The molecule has 2 rings (SSSR count). The second-order valence-corrected chi connectivity index (χ2v) is 3.68. The molecule has 2 aromatic carbocycles. The first-order valence-corrected chi connectivity index (χ1v) is 5.41. The van der Waals surface area contributed by atoms with Crippen molar-refractivity contribution in [3.05, 3.63) is 59.7 Å². The van der Waals surface area contributed by atoms with Crippen LogP contribution < -0.4 is 10.2 Å². The number of aromatic hydroxyl groups is 2. The summed E-state index contributed by atoms with van der Waals surface area (Å²) in [5.41, 5.74) is -0.0278. The molecule has 21 heavy (non-hydrogen) atoms. The molecule has 0 amide bonds. The number of benzene rings is 2. The van der Waals surface area contributed by atoms with Crippen LogP contribution in [0.3, 0.4) is 0 Å². The third-order valence-electron chi connectivity index (χ3n) is 2.16. The fraction of sp³-hybridized carbons (Fsp3) is 0. The van der Waals surface area contributed by atoms with Crippen molar-refractivity contribution in [1.82, 2.24) is 0 Å². The van der Waals surface area contributed by atoms with E-state index in [-0.39, 0.29) is 60.4 Å². The zero-order valence-electron chi connectivity index (χ0n) is 10.9. The Bertz CT molecular complexity index is 571. The standard InChI is InChI=1S/2C7H6O3.Ca/c2*8-6-3-1-2-5(4-6)7(9)10;/h2*1-4,8H,(H,9,10);/q;;+2/p-2. The molecule has 0 heterocycles. The van der Waals surface area contributed by atoms with Gasteiger partial charge in [-0.05, 0) is 24.3 Å².